The summed E-state index contributed by atoms with van der Waals surface area (Å²) in [6.45, 7) is 4.63. The van der Waals surface area contributed by atoms with Gasteiger partial charge in [-0.3, -0.25) is 14.5 Å². The zero-order chi connectivity index (χ0) is 17.9. The lowest BCUT2D eigenvalue weighted by Crippen LogP contribution is -2.40. The van der Waals surface area contributed by atoms with E-state index in [1.165, 1.54) is 6.21 Å². The number of hydrazone groups is 1. The Morgan fingerprint density at radius 2 is 2.04 bits per heavy atom. The largest absolute Gasteiger partial charge is 0.496 e. The van der Waals surface area contributed by atoms with Gasteiger partial charge in [-0.2, -0.15) is 5.10 Å². The summed E-state index contributed by atoms with van der Waals surface area (Å²) >= 11 is 0. The summed E-state index contributed by atoms with van der Waals surface area (Å²) in [5, 5.41) is 6.37. The molecule has 8 nitrogen and oxygen atoms in total. The second-order valence-electron chi connectivity index (χ2n) is 5.50. The molecule has 2 amide bonds. The number of ether oxygens (including phenoxy) is 2. The van der Waals surface area contributed by atoms with Crippen LogP contribution in [-0.2, 0) is 14.3 Å². The van der Waals surface area contributed by atoms with Crippen molar-refractivity contribution in [3.63, 3.8) is 0 Å². The highest BCUT2D eigenvalue weighted by Gasteiger charge is 2.13. The van der Waals surface area contributed by atoms with Crippen LogP contribution in [0.1, 0.15) is 12.0 Å². The molecular weight excluding hydrogens is 324 g/mol. The first-order valence-corrected chi connectivity index (χ1v) is 8.25. The fourth-order valence-electron chi connectivity index (χ4n) is 2.39. The molecule has 1 aliphatic rings. The van der Waals surface area contributed by atoms with Crippen LogP contribution >= 0.6 is 0 Å². The minimum Gasteiger partial charge on any atom is -0.496 e. The Bertz CT molecular complexity index is 600. The van der Waals surface area contributed by atoms with Crippen LogP contribution in [0.5, 0.6) is 5.75 Å². The number of para-hydroxylation sites is 1. The number of hydrogen-bond acceptors (Lipinski definition) is 6. The SMILES string of the molecule is COc1ccccc1C=NNC(=O)C(=O)NCCCN1CCOCC1. The lowest BCUT2D eigenvalue weighted by atomic mass is 10.2. The number of nitrogens with one attached hydrogen (secondary N) is 2. The number of carbonyl (C=O) groups is 2. The third-order valence-corrected chi connectivity index (χ3v) is 3.76. The maximum absolute atomic E-state index is 11.7. The van der Waals surface area contributed by atoms with Gasteiger partial charge < -0.3 is 14.8 Å². The van der Waals surface area contributed by atoms with E-state index in [1.807, 2.05) is 12.1 Å². The summed E-state index contributed by atoms with van der Waals surface area (Å²) in [6.07, 6.45) is 2.21. The van der Waals surface area contributed by atoms with Gasteiger partial charge in [-0.1, -0.05) is 12.1 Å². The van der Waals surface area contributed by atoms with Gasteiger partial charge in [0.05, 0.1) is 26.5 Å². The van der Waals surface area contributed by atoms with Gasteiger partial charge in [-0.15, -0.1) is 0 Å². The average Bonchev–Trinajstić information content (AvgIpc) is 2.66. The Morgan fingerprint density at radius 1 is 1.28 bits per heavy atom. The molecule has 1 heterocycles. The summed E-state index contributed by atoms with van der Waals surface area (Å²) < 4.78 is 10.4. The smallest absolute Gasteiger partial charge is 0.329 e. The molecule has 0 aliphatic carbocycles. The molecule has 0 atom stereocenters. The Hall–Kier alpha value is -2.45. The zero-order valence-corrected chi connectivity index (χ0v) is 14.4. The van der Waals surface area contributed by atoms with Gasteiger partial charge in [-0.05, 0) is 25.1 Å². The Labute approximate surface area is 147 Å². The van der Waals surface area contributed by atoms with Crippen LogP contribution in [0.25, 0.3) is 0 Å². The number of hydrogen-bond donors (Lipinski definition) is 2. The number of methoxy groups -OCH3 is 1. The molecule has 0 radical (unpaired) electrons. The number of rotatable bonds is 7. The molecule has 2 N–H and O–H groups in total. The van der Waals surface area contributed by atoms with E-state index >= 15 is 0 Å². The van der Waals surface area contributed by atoms with Crippen molar-refractivity contribution < 1.29 is 19.1 Å². The van der Waals surface area contributed by atoms with E-state index in [0.29, 0.717) is 17.9 Å². The van der Waals surface area contributed by atoms with Crippen molar-refractivity contribution in [2.45, 2.75) is 6.42 Å². The molecule has 1 fully saturated rings. The standard InChI is InChI=1S/C17H24N4O4/c1-24-15-6-3-2-5-14(15)13-19-20-17(23)16(22)18-7-4-8-21-9-11-25-12-10-21/h2-3,5-6,13H,4,7-12H2,1H3,(H,18,22)(H,20,23). The van der Waals surface area contributed by atoms with Crippen LogP contribution in [-0.4, -0.2) is 69.4 Å². The first kappa shape index (κ1) is 18.9. The van der Waals surface area contributed by atoms with Crippen LogP contribution < -0.4 is 15.5 Å². The van der Waals surface area contributed by atoms with Crippen LogP contribution in [0.4, 0.5) is 0 Å². The van der Waals surface area contributed by atoms with Gasteiger partial charge in [0.25, 0.3) is 0 Å². The zero-order valence-electron chi connectivity index (χ0n) is 14.4. The topological polar surface area (TPSA) is 92.3 Å². The van der Waals surface area contributed by atoms with Gasteiger partial charge in [0.1, 0.15) is 5.75 Å². The van der Waals surface area contributed by atoms with Crippen LogP contribution in [0.3, 0.4) is 0 Å². The molecule has 0 saturated carbocycles. The number of carbonyl (C=O) groups excluding carboxylic acids is 2. The molecule has 0 aromatic heterocycles. The normalized spacial score (nSPS) is 15.1. The minimum atomic E-state index is -0.794. The van der Waals surface area contributed by atoms with Crippen molar-refractivity contribution in [1.29, 1.82) is 0 Å². The summed E-state index contributed by atoms with van der Waals surface area (Å²) in [6, 6.07) is 7.23. The number of nitrogens with zero attached hydrogens (tertiary/aromatic N) is 2. The molecule has 0 spiro atoms. The van der Waals surface area contributed by atoms with Gasteiger partial charge >= 0.3 is 11.8 Å². The Kier molecular flexibility index (Phi) is 7.87. The second-order valence-corrected chi connectivity index (χ2v) is 5.50. The number of benzene rings is 1. The molecule has 1 saturated heterocycles. The van der Waals surface area contributed by atoms with Crippen molar-refractivity contribution in [2.24, 2.45) is 5.10 Å². The molecule has 1 aromatic rings. The fourth-order valence-corrected chi connectivity index (χ4v) is 2.39. The highest BCUT2D eigenvalue weighted by Crippen LogP contribution is 2.14. The first-order chi connectivity index (χ1) is 12.2. The number of morpholine rings is 1. The molecule has 136 valence electrons. The van der Waals surface area contributed by atoms with E-state index in [1.54, 1.807) is 19.2 Å². The van der Waals surface area contributed by atoms with Crippen molar-refractivity contribution >= 4 is 18.0 Å². The molecule has 0 bridgehead atoms. The maximum atomic E-state index is 11.7. The van der Waals surface area contributed by atoms with Gasteiger partial charge in [0, 0.05) is 25.2 Å². The van der Waals surface area contributed by atoms with Crippen LogP contribution in [0.2, 0.25) is 0 Å². The highest BCUT2D eigenvalue weighted by molar-refractivity contribution is 6.35. The van der Waals surface area contributed by atoms with Gasteiger partial charge in [0.2, 0.25) is 0 Å². The third-order valence-electron chi connectivity index (χ3n) is 3.76. The quantitative estimate of drug-likeness (QED) is 0.313. The van der Waals surface area contributed by atoms with E-state index in [0.717, 1.165) is 39.3 Å². The van der Waals surface area contributed by atoms with Crippen LogP contribution in [0.15, 0.2) is 29.4 Å². The van der Waals surface area contributed by atoms with Gasteiger partial charge in [0.15, 0.2) is 0 Å². The van der Waals surface area contributed by atoms with E-state index in [9.17, 15) is 9.59 Å². The predicted octanol–water partition coefficient (Wildman–Crippen LogP) is -0.0162. The fraction of sp³-hybridized carbons (Fsp3) is 0.471. The van der Waals surface area contributed by atoms with E-state index < -0.39 is 11.8 Å². The molecule has 1 aliphatic heterocycles. The monoisotopic (exact) mass is 348 g/mol. The molecule has 8 heteroatoms. The summed E-state index contributed by atoms with van der Waals surface area (Å²) in [7, 11) is 1.55. The molecule has 2 rings (SSSR count). The summed E-state index contributed by atoms with van der Waals surface area (Å²) in [5.41, 5.74) is 2.91. The van der Waals surface area contributed by atoms with E-state index in [-0.39, 0.29) is 0 Å². The highest BCUT2D eigenvalue weighted by atomic mass is 16.5. The lowest BCUT2D eigenvalue weighted by molar-refractivity contribution is -0.139. The lowest BCUT2D eigenvalue weighted by Gasteiger charge is -2.26. The first-order valence-electron chi connectivity index (χ1n) is 8.25. The minimum absolute atomic E-state index is 0.444. The summed E-state index contributed by atoms with van der Waals surface area (Å²) in [4.78, 5) is 25.7. The van der Waals surface area contributed by atoms with Crippen molar-refractivity contribution in [1.82, 2.24) is 15.6 Å². The van der Waals surface area contributed by atoms with Crippen molar-refractivity contribution in [3.8, 4) is 5.75 Å². The predicted molar refractivity (Wildman–Crippen MR) is 93.6 cm³/mol. The summed E-state index contributed by atoms with van der Waals surface area (Å²) in [5.74, 6) is -0.857. The van der Waals surface area contributed by atoms with Crippen LogP contribution in [0, 0.1) is 0 Å². The Morgan fingerprint density at radius 3 is 2.80 bits per heavy atom. The second kappa shape index (κ2) is 10.4. The molecule has 1 aromatic carbocycles. The van der Waals surface area contributed by atoms with Crippen molar-refractivity contribution in [3.05, 3.63) is 29.8 Å². The maximum Gasteiger partial charge on any atom is 0.329 e. The van der Waals surface area contributed by atoms with Crippen molar-refractivity contribution in [2.75, 3.05) is 46.5 Å². The molecule has 0 unspecified atom stereocenters. The average molecular weight is 348 g/mol. The number of amides is 2. The van der Waals surface area contributed by atoms with Gasteiger partial charge in [-0.25, -0.2) is 5.43 Å². The third kappa shape index (κ3) is 6.52. The van der Waals surface area contributed by atoms with E-state index in [2.05, 4.69) is 20.7 Å². The Balaban J connectivity index is 1.66. The molecule has 25 heavy (non-hydrogen) atoms. The molecular formula is C17H24N4O4. The van der Waals surface area contributed by atoms with E-state index in [4.69, 9.17) is 9.47 Å².